The molecule has 0 aromatic heterocycles. The SMILES string of the molecule is O=C(O)c1cc2ccccc2cc1OCCF. The Labute approximate surface area is 97.4 Å². The molecular weight excluding hydrogens is 223 g/mol. The van der Waals surface area contributed by atoms with Gasteiger partial charge in [-0.05, 0) is 22.9 Å². The van der Waals surface area contributed by atoms with Crippen LogP contribution < -0.4 is 4.74 Å². The molecular formula is C13H11FO3. The molecule has 0 unspecified atom stereocenters. The van der Waals surface area contributed by atoms with Crippen molar-refractivity contribution >= 4 is 16.7 Å². The lowest BCUT2D eigenvalue weighted by molar-refractivity contribution is 0.0692. The van der Waals surface area contributed by atoms with E-state index in [0.29, 0.717) is 0 Å². The van der Waals surface area contributed by atoms with Crippen molar-refractivity contribution in [1.82, 2.24) is 0 Å². The maximum Gasteiger partial charge on any atom is 0.339 e. The summed E-state index contributed by atoms with van der Waals surface area (Å²) in [5.41, 5.74) is 0.0529. The average Bonchev–Trinajstić information content (AvgIpc) is 2.35. The number of carboxylic acid groups (broad SMARTS) is 1. The van der Waals surface area contributed by atoms with Gasteiger partial charge in [-0.3, -0.25) is 0 Å². The number of fused-ring (bicyclic) bond motifs is 1. The summed E-state index contributed by atoms with van der Waals surface area (Å²) in [6.45, 7) is -0.787. The molecule has 0 atom stereocenters. The van der Waals surface area contributed by atoms with Gasteiger partial charge in [-0.25, -0.2) is 9.18 Å². The third kappa shape index (κ3) is 2.36. The number of hydrogen-bond donors (Lipinski definition) is 1. The van der Waals surface area contributed by atoms with E-state index < -0.39 is 12.6 Å². The van der Waals surface area contributed by atoms with Gasteiger partial charge in [0.25, 0.3) is 0 Å². The number of rotatable bonds is 4. The summed E-state index contributed by atoms with van der Waals surface area (Å²) in [4.78, 5) is 11.1. The summed E-state index contributed by atoms with van der Waals surface area (Å²) in [5, 5.41) is 10.7. The van der Waals surface area contributed by atoms with Crippen LogP contribution in [0.3, 0.4) is 0 Å². The number of ether oxygens (including phenoxy) is 1. The zero-order valence-electron chi connectivity index (χ0n) is 9.02. The van der Waals surface area contributed by atoms with E-state index in [0.717, 1.165) is 10.8 Å². The van der Waals surface area contributed by atoms with Crippen molar-refractivity contribution in [2.75, 3.05) is 13.3 Å². The first-order chi connectivity index (χ1) is 8.22. The molecule has 0 aliphatic carbocycles. The van der Waals surface area contributed by atoms with E-state index in [-0.39, 0.29) is 17.9 Å². The highest BCUT2D eigenvalue weighted by atomic mass is 19.1. The fourth-order valence-corrected chi connectivity index (χ4v) is 1.65. The molecule has 0 amide bonds. The molecule has 2 aromatic rings. The molecule has 2 rings (SSSR count). The van der Waals surface area contributed by atoms with Crippen molar-refractivity contribution < 1.29 is 19.0 Å². The van der Waals surface area contributed by atoms with Crippen molar-refractivity contribution in [3.63, 3.8) is 0 Å². The minimum Gasteiger partial charge on any atom is -0.490 e. The van der Waals surface area contributed by atoms with E-state index in [1.165, 1.54) is 6.07 Å². The number of alkyl halides is 1. The summed E-state index contributed by atoms with van der Waals surface area (Å²) in [6, 6.07) is 10.5. The van der Waals surface area contributed by atoms with Crippen LogP contribution in [0, 0.1) is 0 Å². The van der Waals surface area contributed by atoms with Gasteiger partial charge in [-0.2, -0.15) is 0 Å². The van der Waals surface area contributed by atoms with E-state index >= 15 is 0 Å². The molecule has 0 saturated carbocycles. The molecule has 0 heterocycles. The summed E-state index contributed by atoms with van der Waals surface area (Å²) in [5.74, 6) is -0.876. The number of benzene rings is 2. The van der Waals surface area contributed by atoms with Gasteiger partial charge in [0.05, 0.1) is 0 Å². The van der Waals surface area contributed by atoms with Crippen LogP contribution in [0.4, 0.5) is 4.39 Å². The Kier molecular flexibility index (Phi) is 3.23. The first-order valence-electron chi connectivity index (χ1n) is 5.17. The Morgan fingerprint density at radius 3 is 2.47 bits per heavy atom. The van der Waals surface area contributed by atoms with Crippen molar-refractivity contribution in [3.05, 3.63) is 42.0 Å². The Morgan fingerprint density at radius 2 is 1.88 bits per heavy atom. The Hall–Kier alpha value is -2.10. The van der Waals surface area contributed by atoms with Crippen LogP contribution in [-0.4, -0.2) is 24.4 Å². The molecule has 88 valence electrons. The van der Waals surface area contributed by atoms with E-state index in [1.54, 1.807) is 6.07 Å². The van der Waals surface area contributed by atoms with Crippen LogP contribution in [0.15, 0.2) is 36.4 Å². The van der Waals surface area contributed by atoms with Crippen molar-refractivity contribution in [3.8, 4) is 5.75 Å². The fourth-order valence-electron chi connectivity index (χ4n) is 1.65. The minimum atomic E-state index is -1.08. The fraction of sp³-hybridized carbons (Fsp3) is 0.154. The highest BCUT2D eigenvalue weighted by Gasteiger charge is 2.12. The van der Waals surface area contributed by atoms with Crippen LogP contribution >= 0.6 is 0 Å². The second kappa shape index (κ2) is 4.82. The first-order valence-corrected chi connectivity index (χ1v) is 5.17. The van der Waals surface area contributed by atoms with Gasteiger partial charge in [0.1, 0.15) is 24.6 Å². The molecule has 0 aliphatic rings. The molecule has 0 fully saturated rings. The zero-order valence-corrected chi connectivity index (χ0v) is 9.02. The highest BCUT2D eigenvalue weighted by Crippen LogP contribution is 2.26. The molecule has 0 aliphatic heterocycles. The average molecular weight is 234 g/mol. The maximum atomic E-state index is 12.1. The molecule has 0 radical (unpaired) electrons. The van der Waals surface area contributed by atoms with Crippen LogP contribution in [0.25, 0.3) is 10.8 Å². The Balaban J connectivity index is 2.54. The number of carboxylic acids is 1. The van der Waals surface area contributed by atoms with E-state index in [1.807, 2.05) is 24.3 Å². The summed E-state index contributed by atoms with van der Waals surface area (Å²) in [6.07, 6.45) is 0. The second-order valence-corrected chi connectivity index (χ2v) is 3.54. The van der Waals surface area contributed by atoms with Crippen LogP contribution in [0.2, 0.25) is 0 Å². The van der Waals surface area contributed by atoms with Gasteiger partial charge in [0, 0.05) is 0 Å². The summed E-state index contributed by atoms with van der Waals surface area (Å²) < 4.78 is 17.2. The Morgan fingerprint density at radius 1 is 1.24 bits per heavy atom. The molecule has 3 nitrogen and oxygen atoms in total. The molecule has 4 heteroatoms. The van der Waals surface area contributed by atoms with Gasteiger partial charge in [-0.1, -0.05) is 24.3 Å². The lowest BCUT2D eigenvalue weighted by atomic mass is 10.1. The van der Waals surface area contributed by atoms with Gasteiger partial charge >= 0.3 is 5.97 Å². The topological polar surface area (TPSA) is 46.5 Å². The third-order valence-corrected chi connectivity index (χ3v) is 2.41. The number of aromatic carboxylic acids is 1. The van der Waals surface area contributed by atoms with Gasteiger partial charge in [0.2, 0.25) is 0 Å². The zero-order chi connectivity index (χ0) is 12.3. The molecule has 1 N–H and O–H groups in total. The number of halogens is 1. The normalized spacial score (nSPS) is 10.4. The van der Waals surface area contributed by atoms with Crippen LogP contribution in [0.5, 0.6) is 5.75 Å². The van der Waals surface area contributed by atoms with E-state index in [4.69, 9.17) is 9.84 Å². The first kappa shape index (κ1) is 11.4. The molecule has 0 saturated heterocycles. The standard InChI is InChI=1S/C13H11FO3/c14-5-6-17-12-8-10-4-2-1-3-9(10)7-11(12)13(15)16/h1-4,7-8H,5-6H2,(H,15,16). The van der Waals surface area contributed by atoms with Crippen molar-refractivity contribution in [1.29, 1.82) is 0 Å². The van der Waals surface area contributed by atoms with Gasteiger partial charge in [0.15, 0.2) is 0 Å². The van der Waals surface area contributed by atoms with Crippen LogP contribution in [-0.2, 0) is 0 Å². The molecule has 0 bridgehead atoms. The summed E-state index contributed by atoms with van der Waals surface area (Å²) >= 11 is 0. The molecule has 17 heavy (non-hydrogen) atoms. The van der Waals surface area contributed by atoms with E-state index in [2.05, 4.69) is 0 Å². The lowest BCUT2D eigenvalue weighted by Gasteiger charge is -2.09. The third-order valence-electron chi connectivity index (χ3n) is 2.41. The number of hydrogen-bond acceptors (Lipinski definition) is 2. The molecule has 2 aromatic carbocycles. The maximum absolute atomic E-state index is 12.1. The predicted molar refractivity (Wildman–Crippen MR) is 62.4 cm³/mol. The monoisotopic (exact) mass is 234 g/mol. The summed E-state index contributed by atoms with van der Waals surface area (Å²) in [7, 11) is 0. The van der Waals surface area contributed by atoms with Crippen molar-refractivity contribution in [2.45, 2.75) is 0 Å². The predicted octanol–water partition coefficient (Wildman–Crippen LogP) is 2.89. The highest BCUT2D eigenvalue weighted by molar-refractivity contribution is 5.97. The quantitative estimate of drug-likeness (QED) is 0.884. The van der Waals surface area contributed by atoms with Crippen molar-refractivity contribution in [2.24, 2.45) is 0 Å². The Bertz CT molecular complexity index is 551. The van der Waals surface area contributed by atoms with Crippen LogP contribution in [0.1, 0.15) is 10.4 Å². The van der Waals surface area contributed by atoms with Gasteiger partial charge in [-0.15, -0.1) is 0 Å². The lowest BCUT2D eigenvalue weighted by Crippen LogP contribution is -2.05. The second-order valence-electron chi connectivity index (χ2n) is 3.54. The molecule has 0 spiro atoms. The largest absolute Gasteiger partial charge is 0.490 e. The van der Waals surface area contributed by atoms with E-state index in [9.17, 15) is 9.18 Å². The van der Waals surface area contributed by atoms with Gasteiger partial charge < -0.3 is 9.84 Å². The smallest absolute Gasteiger partial charge is 0.339 e. The minimum absolute atomic E-state index is 0.0529. The number of carbonyl (C=O) groups is 1.